The molecular weight excluding hydrogens is 306 g/mol. The quantitative estimate of drug-likeness (QED) is 0.755. The van der Waals surface area contributed by atoms with Crippen LogP contribution in [0.4, 0.5) is 0 Å². The summed E-state index contributed by atoms with van der Waals surface area (Å²) in [6.07, 6.45) is 0.608. The number of hydrogen-bond donors (Lipinski definition) is 2. The van der Waals surface area contributed by atoms with Gasteiger partial charge in [0.1, 0.15) is 18.5 Å². The molecule has 0 bridgehead atoms. The average molecular weight is 330 g/mol. The first-order valence-electron chi connectivity index (χ1n) is 6.64. The normalized spacial score (nSPS) is 13.3. The van der Waals surface area contributed by atoms with Gasteiger partial charge in [0.05, 0.1) is 0 Å². The Morgan fingerprint density at radius 3 is 2.47 bits per heavy atom. The van der Waals surface area contributed by atoms with E-state index < -0.39 is 6.10 Å². The van der Waals surface area contributed by atoms with Crippen LogP contribution in [-0.2, 0) is 0 Å². The number of aliphatic hydroxyl groups excluding tert-OH is 1. The van der Waals surface area contributed by atoms with Crippen molar-refractivity contribution >= 4 is 15.9 Å². The van der Waals surface area contributed by atoms with Gasteiger partial charge < -0.3 is 15.2 Å². The Kier molecular flexibility index (Phi) is 6.83. The summed E-state index contributed by atoms with van der Waals surface area (Å²) in [5, 5.41) is 13.0. The number of benzene rings is 1. The maximum atomic E-state index is 9.80. The molecular formula is C15H24BrNO2. The fourth-order valence-electron chi connectivity index (χ4n) is 1.51. The van der Waals surface area contributed by atoms with E-state index in [4.69, 9.17) is 4.74 Å². The Balaban J connectivity index is 2.14. The van der Waals surface area contributed by atoms with Crippen molar-refractivity contribution in [2.75, 3.05) is 19.7 Å². The predicted octanol–water partition coefficient (Wildman–Crippen LogP) is 3.21. The molecule has 0 aliphatic heterocycles. The predicted molar refractivity (Wildman–Crippen MR) is 82.6 cm³/mol. The number of rotatable bonds is 7. The van der Waals surface area contributed by atoms with Crippen LogP contribution in [0, 0.1) is 5.41 Å². The minimum Gasteiger partial charge on any atom is -0.491 e. The van der Waals surface area contributed by atoms with Gasteiger partial charge in [-0.1, -0.05) is 36.7 Å². The van der Waals surface area contributed by atoms with Gasteiger partial charge in [-0.25, -0.2) is 0 Å². The van der Waals surface area contributed by atoms with E-state index in [9.17, 15) is 5.11 Å². The molecule has 0 aliphatic carbocycles. The minimum atomic E-state index is -0.483. The second-order valence-corrected chi connectivity index (χ2v) is 6.85. The van der Waals surface area contributed by atoms with Crippen molar-refractivity contribution < 1.29 is 9.84 Å². The third-order valence-electron chi connectivity index (χ3n) is 2.69. The zero-order chi connectivity index (χ0) is 14.3. The van der Waals surface area contributed by atoms with Crippen LogP contribution >= 0.6 is 15.9 Å². The van der Waals surface area contributed by atoms with Crippen LogP contribution in [0.5, 0.6) is 5.75 Å². The van der Waals surface area contributed by atoms with Gasteiger partial charge in [0, 0.05) is 11.0 Å². The number of hydrogen-bond acceptors (Lipinski definition) is 3. The number of aliphatic hydroxyl groups is 1. The molecule has 3 nitrogen and oxygen atoms in total. The summed E-state index contributed by atoms with van der Waals surface area (Å²) in [5.74, 6) is 0.775. The summed E-state index contributed by atoms with van der Waals surface area (Å²) in [4.78, 5) is 0. The summed E-state index contributed by atoms with van der Waals surface area (Å²) in [7, 11) is 0. The first kappa shape index (κ1) is 16.5. The highest BCUT2D eigenvalue weighted by Gasteiger charge is 2.10. The van der Waals surface area contributed by atoms with E-state index in [0.717, 1.165) is 23.2 Å². The summed E-state index contributed by atoms with van der Waals surface area (Å²) in [6, 6.07) is 7.60. The van der Waals surface area contributed by atoms with E-state index in [1.165, 1.54) is 0 Å². The standard InChI is InChI=1S/C15H24BrNO2/c1-15(2,3)8-9-17-10-13(18)11-19-14-6-4-12(16)5-7-14/h4-7,13,17-18H,8-11H2,1-3H3. The van der Waals surface area contributed by atoms with Crippen molar-refractivity contribution in [3.8, 4) is 5.75 Å². The Hall–Kier alpha value is -0.580. The number of nitrogens with one attached hydrogen (secondary N) is 1. The number of halogens is 1. The van der Waals surface area contributed by atoms with Gasteiger partial charge in [-0.3, -0.25) is 0 Å². The molecule has 0 aromatic heterocycles. The lowest BCUT2D eigenvalue weighted by molar-refractivity contribution is 0.106. The molecule has 1 atom stereocenters. The zero-order valence-electron chi connectivity index (χ0n) is 11.9. The van der Waals surface area contributed by atoms with Crippen molar-refractivity contribution in [3.63, 3.8) is 0 Å². The van der Waals surface area contributed by atoms with Gasteiger partial charge in [-0.15, -0.1) is 0 Å². The van der Waals surface area contributed by atoms with Crippen molar-refractivity contribution in [2.24, 2.45) is 5.41 Å². The first-order chi connectivity index (χ1) is 8.87. The van der Waals surface area contributed by atoms with Crippen molar-refractivity contribution in [1.29, 1.82) is 0 Å². The second-order valence-electron chi connectivity index (χ2n) is 5.93. The average Bonchev–Trinajstić information content (AvgIpc) is 2.33. The van der Waals surface area contributed by atoms with Crippen LogP contribution in [0.15, 0.2) is 28.7 Å². The lowest BCUT2D eigenvalue weighted by atomic mass is 9.92. The largest absolute Gasteiger partial charge is 0.491 e. The van der Waals surface area contributed by atoms with E-state index in [1.807, 2.05) is 24.3 Å². The maximum absolute atomic E-state index is 9.80. The molecule has 0 fully saturated rings. The van der Waals surface area contributed by atoms with Crippen LogP contribution in [0.2, 0.25) is 0 Å². The van der Waals surface area contributed by atoms with E-state index in [-0.39, 0.29) is 0 Å². The monoisotopic (exact) mass is 329 g/mol. The lowest BCUT2D eigenvalue weighted by Crippen LogP contribution is -2.33. The van der Waals surface area contributed by atoms with Crippen LogP contribution < -0.4 is 10.1 Å². The van der Waals surface area contributed by atoms with Crippen LogP contribution in [0.1, 0.15) is 27.2 Å². The molecule has 1 aromatic rings. The minimum absolute atomic E-state index is 0.310. The third-order valence-corrected chi connectivity index (χ3v) is 3.22. The van der Waals surface area contributed by atoms with Crippen molar-refractivity contribution in [3.05, 3.63) is 28.7 Å². The van der Waals surface area contributed by atoms with Crippen LogP contribution in [0.3, 0.4) is 0 Å². The van der Waals surface area contributed by atoms with E-state index in [2.05, 4.69) is 42.0 Å². The Morgan fingerprint density at radius 1 is 1.26 bits per heavy atom. The summed E-state index contributed by atoms with van der Waals surface area (Å²) >= 11 is 3.37. The van der Waals surface area contributed by atoms with Crippen molar-refractivity contribution in [1.82, 2.24) is 5.32 Å². The van der Waals surface area contributed by atoms with Gasteiger partial charge >= 0.3 is 0 Å². The number of ether oxygens (including phenoxy) is 1. The first-order valence-corrected chi connectivity index (χ1v) is 7.43. The molecule has 0 saturated carbocycles. The summed E-state index contributed by atoms with van der Waals surface area (Å²) < 4.78 is 6.53. The Labute approximate surface area is 124 Å². The molecule has 0 amide bonds. The molecule has 0 spiro atoms. The van der Waals surface area contributed by atoms with Crippen molar-refractivity contribution in [2.45, 2.75) is 33.3 Å². The topological polar surface area (TPSA) is 41.5 Å². The van der Waals surface area contributed by atoms with E-state index >= 15 is 0 Å². The molecule has 0 heterocycles. The Bertz CT molecular complexity index is 359. The molecule has 0 radical (unpaired) electrons. The highest BCUT2D eigenvalue weighted by Crippen LogP contribution is 2.17. The highest BCUT2D eigenvalue weighted by atomic mass is 79.9. The fraction of sp³-hybridized carbons (Fsp3) is 0.600. The molecule has 19 heavy (non-hydrogen) atoms. The van der Waals surface area contributed by atoms with Crippen LogP contribution in [0.25, 0.3) is 0 Å². The SMILES string of the molecule is CC(C)(C)CCNCC(O)COc1ccc(Br)cc1. The Morgan fingerprint density at radius 2 is 1.89 bits per heavy atom. The van der Waals surface area contributed by atoms with Gasteiger partial charge in [-0.05, 0) is 42.6 Å². The molecule has 0 saturated heterocycles. The van der Waals surface area contributed by atoms with Gasteiger partial charge in [0.15, 0.2) is 0 Å². The highest BCUT2D eigenvalue weighted by molar-refractivity contribution is 9.10. The van der Waals surface area contributed by atoms with Gasteiger partial charge in [-0.2, -0.15) is 0 Å². The molecule has 108 valence electrons. The maximum Gasteiger partial charge on any atom is 0.119 e. The molecule has 0 aliphatic rings. The fourth-order valence-corrected chi connectivity index (χ4v) is 1.78. The lowest BCUT2D eigenvalue weighted by Gasteiger charge is -2.19. The van der Waals surface area contributed by atoms with Crippen LogP contribution in [-0.4, -0.2) is 30.9 Å². The third kappa shape index (κ3) is 8.24. The van der Waals surface area contributed by atoms with Gasteiger partial charge in [0.25, 0.3) is 0 Å². The molecule has 1 rings (SSSR count). The molecule has 1 unspecified atom stereocenters. The van der Waals surface area contributed by atoms with E-state index in [1.54, 1.807) is 0 Å². The van der Waals surface area contributed by atoms with Gasteiger partial charge in [0.2, 0.25) is 0 Å². The second kappa shape index (κ2) is 7.88. The van der Waals surface area contributed by atoms with E-state index in [0.29, 0.717) is 18.6 Å². The summed E-state index contributed by atoms with van der Waals surface area (Å²) in [5.41, 5.74) is 0.325. The zero-order valence-corrected chi connectivity index (χ0v) is 13.5. The molecule has 2 N–H and O–H groups in total. The molecule has 1 aromatic carbocycles. The molecule has 4 heteroatoms. The smallest absolute Gasteiger partial charge is 0.119 e. The summed E-state index contributed by atoms with van der Waals surface area (Å²) in [6.45, 7) is 8.42.